The molecule has 0 heterocycles. The molecule has 0 aromatic heterocycles. The molecule has 116 valence electrons. The second-order valence-corrected chi connectivity index (χ2v) is 5.44. The van der Waals surface area contributed by atoms with Crippen LogP contribution in [0, 0.1) is 5.92 Å². The van der Waals surface area contributed by atoms with Crippen molar-refractivity contribution in [3.8, 4) is 0 Å². The second-order valence-electron chi connectivity index (χ2n) is 5.44. The Morgan fingerprint density at radius 1 is 1.14 bits per heavy atom. The number of carboxylic acids is 1. The Hall–Kier alpha value is -2.36. The van der Waals surface area contributed by atoms with E-state index in [4.69, 9.17) is 5.11 Å². The Bertz CT molecular complexity index is 661. The average Bonchev–Trinajstić information content (AvgIpc) is 2.51. The fraction of sp³-hybridized carbons (Fsp3) is 0.333. The molecule has 2 N–H and O–H groups in total. The standard InChI is InChI=1S/C18H21NO3/c1-2-6-15(18(21)22)12-19-17(20)11-14-9-5-8-13-7-3-4-10-16(13)14/h3-5,7-10,15H,2,6,11-12H2,1H3,(H,19,20)(H,21,22). The van der Waals surface area contributed by atoms with E-state index in [1.54, 1.807) is 0 Å². The van der Waals surface area contributed by atoms with Gasteiger partial charge in [0.15, 0.2) is 0 Å². The van der Waals surface area contributed by atoms with E-state index in [9.17, 15) is 9.59 Å². The molecular formula is C18H21NO3. The summed E-state index contributed by atoms with van der Waals surface area (Å²) in [6.45, 7) is 2.13. The summed E-state index contributed by atoms with van der Waals surface area (Å²) < 4.78 is 0. The second kappa shape index (κ2) is 7.59. The summed E-state index contributed by atoms with van der Waals surface area (Å²) in [5, 5.41) is 14.0. The molecule has 0 spiro atoms. The number of hydrogen-bond acceptors (Lipinski definition) is 2. The summed E-state index contributed by atoms with van der Waals surface area (Å²) >= 11 is 0. The number of fused-ring (bicyclic) bond motifs is 1. The highest BCUT2D eigenvalue weighted by Crippen LogP contribution is 2.18. The third-order valence-electron chi connectivity index (χ3n) is 3.76. The number of carboxylic acid groups (broad SMARTS) is 1. The predicted molar refractivity (Wildman–Crippen MR) is 86.7 cm³/mol. The Kier molecular flexibility index (Phi) is 5.53. The van der Waals surface area contributed by atoms with Crippen LogP contribution in [0.4, 0.5) is 0 Å². The van der Waals surface area contributed by atoms with Crippen LogP contribution < -0.4 is 5.32 Å². The predicted octanol–water partition coefficient (Wildman–Crippen LogP) is 3.00. The first-order valence-electron chi connectivity index (χ1n) is 7.58. The lowest BCUT2D eigenvalue weighted by atomic mass is 10.0. The summed E-state index contributed by atoms with van der Waals surface area (Å²) in [7, 11) is 0. The van der Waals surface area contributed by atoms with Crippen molar-refractivity contribution in [3.63, 3.8) is 0 Å². The summed E-state index contributed by atoms with van der Waals surface area (Å²) in [6, 6.07) is 13.8. The van der Waals surface area contributed by atoms with Crippen LogP contribution in [-0.2, 0) is 16.0 Å². The van der Waals surface area contributed by atoms with Crippen molar-refractivity contribution >= 4 is 22.6 Å². The van der Waals surface area contributed by atoms with Gasteiger partial charge in [-0.25, -0.2) is 0 Å². The van der Waals surface area contributed by atoms with Crippen molar-refractivity contribution in [2.24, 2.45) is 5.92 Å². The van der Waals surface area contributed by atoms with Gasteiger partial charge in [-0.2, -0.15) is 0 Å². The monoisotopic (exact) mass is 299 g/mol. The van der Waals surface area contributed by atoms with Crippen LogP contribution in [0.1, 0.15) is 25.3 Å². The third kappa shape index (κ3) is 4.07. The van der Waals surface area contributed by atoms with Gasteiger partial charge in [0.1, 0.15) is 0 Å². The van der Waals surface area contributed by atoms with Gasteiger partial charge < -0.3 is 10.4 Å². The smallest absolute Gasteiger partial charge is 0.308 e. The Labute approximate surface area is 130 Å². The summed E-state index contributed by atoms with van der Waals surface area (Å²) in [4.78, 5) is 23.2. The number of aliphatic carboxylic acids is 1. The maximum Gasteiger partial charge on any atom is 0.308 e. The summed E-state index contributed by atoms with van der Waals surface area (Å²) in [6.07, 6.45) is 1.62. The number of amides is 1. The number of carbonyl (C=O) groups is 2. The van der Waals surface area contributed by atoms with E-state index in [0.29, 0.717) is 6.42 Å². The van der Waals surface area contributed by atoms with Crippen LogP contribution >= 0.6 is 0 Å². The number of carbonyl (C=O) groups excluding carboxylic acids is 1. The van der Waals surface area contributed by atoms with Crippen molar-refractivity contribution in [2.45, 2.75) is 26.2 Å². The van der Waals surface area contributed by atoms with Crippen LogP contribution in [-0.4, -0.2) is 23.5 Å². The average molecular weight is 299 g/mol. The molecule has 1 unspecified atom stereocenters. The highest BCUT2D eigenvalue weighted by Gasteiger charge is 2.17. The van der Waals surface area contributed by atoms with Crippen LogP contribution in [0.15, 0.2) is 42.5 Å². The van der Waals surface area contributed by atoms with E-state index < -0.39 is 11.9 Å². The summed E-state index contributed by atoms with van der Waals surface area (Å²) in [5.41, 5.74) is 0.956. The van der Waals surface area contributed by atoms with Gasteiger partial charge in [-0.1, -0.05) is 55.8 Å². The SMILES string of the molecule is CCCC(CNC(=O)Cc1cccc2ccccc12)C(=O)O. The molecule has 4 nitrogen and oxygen atoms in total. The lowest BCUT2D eigenvalue weighted by Gasteiger charge is -2.13. The van der Waals surface area contributed by atoms with Crippen LogP contribution in [0.5, 0.6) is 0 Å². The normalized spacial score (nSPS) is 12.0. The number of benzene rings is 2. The Balaban J connectivity index is 2.00. The largest absolute Gasteiger partial charge is 0.481 e. The van der Waals surface area contributed by atoms with E-state index in [1.165, 1.54) is 0 Å². The Morgan fingerprint density at radius 3 is 2.59 bits per heavy atom. The van der Waals surface area contributed by atoms with Crippen molar-refractivity contribution < 1.29 is 14.7 Å². The molecule has 0 bridgehead atoms. The minimum atomic E-state index is -0.854. The first-order chi connectivity index (χ1) is 10.6. The zero-order valence-corrected chi connectivity index (χ0v) is 12.7. The fourth-order valence-corrected chi connectivity index (χ4v) is 2.58. The number of nitrogens with one attached hydrogen (secondary N) is 1. The molecular weight excluding hydrogens is 278 g/mol. The molecule has 4 heteroatoms. The molecule has 1 atom stereocenters. The van der Waals surface area contributed by atoms with Gasteiger partial charge in [0, 0.05) is 6.54 Å². The van der Waals surface area contributed by atoms with E-state index in [0.717, 1.165) is 22.8 Å². The maximum atomic E-state index is 12.1. The molecule has 22 heavy (non-hydrogen) atoms. The van der Waals surface area contributed by atoms with Gasteiger partial charge in [0.05, 0.1) is 12.3 Å². The molecule has 0 aliphatic carbocycles. The third-order valence-corrected chi connectivity index (χ3v) is 3.76. The quantitative estimate of drug-likeness (QED) is 0.826. The topological polar surface area (TPSA) is 66.4 Å². The van der Waals surface area contributed by atoms with E-state index in [-0.39, 0.29) is 18.9 Å². The highest BCUT2D eigenvalue weighted by molar-refractivity contribution is 5.90. The van der Waals surface area contributed by atoms with Crippen LogP contribution in [0.3, 0.4) is 0 Å². The van der Waals surface area contributed by atoms with Crippen LogP contribution in [0.25, 0.3) is 10.8 Å². The molecule has 0 fully saturated rings. The van der Waals surface area contributed by atoms with Gasteiger partial charge in [-0.3, -0.25) is 9.59 Å². The van der Waals surface area contributed by atoms with Crippen LogP contribution in [0.2, 0.25) is 0 Å². The minimum absolute atomic E-state index is 0.140. The lowest BCUT2D eigenvalue weighted by molar-refractivity contribution is -0.141. The highest BCUT2D eigenvalue weighted by atomic mass is 16.4. The van der Waals surface area contributed by atoms with Gasteiger partial charge in [0.2, 0.25) is 5.91 Å². The van der Waals surface area contributed by atoms with Gasteiger partial charge in [-0.05, 0) is 22.8 Å². The molecule has 2 aromatic carbocycles. The van der Waals surface area contributed by atoms with Gasteiger partial charge in [-0.15, -0.1) is 0 Å². The molecule has 1 amide bonds. The number of rotatable bonds is 7. The van der Waals surface area contributed by atoms with Gasteiger partial charge >= 0.3 is 5.97 Å². The zero-order chi connectivity index (χ0) is 15.9. The van der Waals surface area contributed by atoms with Gasteiger partial charge in [0.25, 0.3) is 0 Å². The Morgan fingerprint density at radius 2 is 1.86 bits per heavy atom. The molecule has 2 rings (SSSR count). The fourth-order valence-electron chi connectivity index (χ4n) is 2.58. The molecule has 0 aliphatic rings. The minimum Gasteiger partial charge on any atom is -0.481 e. The van der Waals surface area contributed by atoms with Crippen molar-refractivity contribution in [3.05, 3.63) is 48.0 Å². The maximum absolute atomic E-state index is 12.1. The molecule has 0 radical (unpaired) electrons. The van der Waals surface area contributed by atoms with Crippen molar-refractivity contribution in [2.75, 3.05) is 6.54 Å². The van der Waals surface area contributed by atoms with E-state index in [1.807, 2.05) is 49.4 Å². The number of hydrogen-bond donors (Lipinski definition) is 2. The first-order valence-corrected chi connectivity index (χ1v) is 7.58. The molecule has 0 saturated carbocycles. The lowest BCUT2D eigenvalue weighted by Crippen LogP contribution is -2.33. The molecule has 2 aromatic rings. The molecule has 0 saturated heterocycles. The van der Waals surface area contributed by atoms with Crippen molar-refractivity contribution in [1.29, 1.82) is 0 Å². The zero-order valence-electron chi connectivity index (χ0n) is 12.7. The van der Waals surface area contributed by atoms with E-state index in [2.05, 4.69) is 5.32 Å². The van der Waals surface area contributed by atoms with E-state index >= 15 is 0 Å². The molecule has 0 aliphatic heterocycles. The first kappa shape index (κ1) is 16.0. The van der Waals surface area contributed by atoms with Crippen molar-refractivity contribution in [1.82, 2.24) is 5.32 Å². The summed E-state index contributed by atoms with van der Waals surface area (Å²) in [5.74, 6) is -1.51.